The summed E-state index contributed by atoms with van der Waals surface area (Å²) in [7, 11) is 1.62. The summed E-state index contributed by atoms with van der Waals surface area (Å²) < 4.78 is 5.13. The van der Waals surface area contributed by atoms with Crippen molar-refractivity contribution in [1.29, 1.82) is 0 Å². The van der Waals surface area contributed by atoms with E-state index in [1.807, 2.05) is 54.6 Å². The lowest BCUT2D eigenvalue weighted by Crippen LogP contribution is -2.37. The number of carbonyl (C=O) groups excluding carboxylic acids is 1. The zero-order valence-electron chi connectivity index (χ0n) is 13.7. The summed E-state index contributed by atoms with van der Waals surface area (Å²) in [6.07, 6.45) is 0.469. The third-order valence-corrected chi connectivity index (χ3v) is 4.52. The van der Waals surface area contributed by atoms with Crippen molar-refractivity contribution >= 4 is 22.4 Å². The number of anilines is 1. The molecule has 1 heterocycles. The van der Waals surface area contributed by atoms with Crippen molar-refractivity contribution in [1.82, 2.24) is 10.2 Å². The van der Waals surface area contributed by atoms with Crippen molar-refractivity contribution < 1.29 is 9.53 Å². The van der Waals surface area contributed by atoms with E-state index in [4.69, 9.17) is 10.5 Å². The number of hydrogen-bond donors (Lipinski definition) is 2. The molecule has 0 saturated heterocycles. The summed E-state index contributed by atoms with van der Waals surface area (Å²) in [5.74, 6) is 0.495. The number of benzene rings is 2. The van der Waals surface area contributed by atoms with Crippen molar-refractivity contribution in [3.63, 3.8) is 0 Å². The molecule has 0 bridgehead atoms. The molecule has 0 unspecified atom stereocenters. The maximum Gasteiger partial charge on any atom is 0.243 e. The molecule has 0 saturated carbocycles. The fourth-order valence-corrected chi connectivity index (χ4v) is 3.03. The van der Waals surface area contributed by atoms with Gasteiger partial charge < -0.3 is 10.5 Å². The topological polar surface area (TPSA) is 90.1 Å². The highest BCUT2D eigenvalue weighted by molar-refractivity contribution is 7.18. The predicted molar refractivity (Wildman–Crippen MR) is 98.6 cm³/mol. The van der Waals surface area contributed by atoms with E-state index in [-0.39, 0.29) is 5.91 Å². The van der Waals surface area contributed by atoms with Gasteiger partial charge in [-0.3, -0.25) is 10.1 Å². The third kappa shape index (κ3) is 4.40. The maximum atomic E-state index is 12.2. The van der Waals surface area contributed by atoms with E-state index in [1.165, 1.54) is 11.3 Å². The molecular weight excluding hydrogens is 336 g/mol. The zero-order valence-corrected chi connectivity index (χ0v) is 14.5. The molecule has 1 atom stereocenters. The Morgan fingerprint density at radius 2 is 1.88 bits per heavy atom. The van der Waals surface area contributed by atoms with Crippen LogP contribution in [-0.2, 0) is 11.2 Å². The van der Waals surface area contributed by atoms with Crippen LogP contribution < -0.4 is 15.8 Å². The first-order chi connectivity index (χ1) is 12.2. The molecule has 3 rings (SSSR count). The average molecular weight is 354 g/mol. The maximum absolute atomic E-state index is 12.2. The minimum atomic E-state index is -0.643. The lowest BCUT2D eigenvalue weighted by Gasteiger charge is -2.10. The monoisotopic (exact) mass is 354 g/mol. The summed E-state index contributed by atoms with van der Waals surface area (Å²) in [4.78, 5) is 12.2. The number of aromatic nitrogens is 2. The normalized spacial score (nSPS) is 11.8. The molecule has 128 valence electrons. The number of methoxy groups -OCH3 is 1. The van der Waals surface area contributed by atoms with Gasteiger partial charge in [0.15, 0.2) is 0 Å². The van der Waals surface area contributed by atoms with Gasteiger partial charge in [0.05, 0.1) is 13.2 Å². The van der Waals surface area contributed by atoms with E-state index in [0.29, 0.717) is 11.6 Å². The van der Waals surface area contributed by atoms with Crippen LogP contribution in [0.4, 0.5) is 5.13 Å². The molecule has 6 nitrogen and oxygen atoms in total. The van der Waals surface area contributed by atoms with Gasteiger partial charge in [0, 0.05) is 5.56 Å². The second kappa shape index (κ2) is 7.87. The Kier molecular flexibility index (Phi) is 5.37. The van der Waals surface area contributed by atoms with Gasteiger partial charge in [-0.2, -0.15) is 0 Å². The summed E-state index contributed by atoms with van der Waals surface area (Å²) in [5.41, 5.74) is 7.90. The van der Waals surface area contributed by atoms with Gasteiger partial charge in [-0.1, -0.05) is 41.7 Å². The number of carbonyl (C=O) groups is 1. The van der Waals surface area contributed by atoms with Crippen LogP contribution in [0.3, 0.4) is 0 Å². The molecule has 0 aliphatic heterocycles. The van der Waals surface area contributed by atoms with Crippen LogP contribution in [0.2, 0.25) is 0 Å². The van der Waals surface area contributed by atoms with Crippen molar-refractivity contribution in [2.75, 3.05) is 12.4 Å². The van der Waals surface area contributed by atoms with Gasteiger partial charge >= 0.3 is 0 Å². The Hall–Kier alpha value is -2.77. The predicted octanol–water partition coefficient (Wildman–Crippen LogP) is 2.72. The van der Waals surface area contributed by atoms with Gasteiger partial charge in [-0.25, -0.2) is 0 Å². The lowest BCUT2D eigenvalue weighted by atomic mass is 10.1. The van der Waals surface area contributed by atoms with Gasteiger partial charge in [0.1, 0.15) is 10.8 Å². The standard InChI is InChI=1S/C18H18N4O2S/c1-24-14-9-7-13(8-10-14)17-21-22-18(25-17)20-16(23)15(19)11-12-5-3-2-4-6-12/h2-10,15H,11,19H2,1H3,(H,20,22,23)/t15-/m0/s1. The highest BCUT2D eigenvalue weighted by Gasteiger charge is 2.16. The van der Waals surface area contributed by atoms with Gasteiger partial charge in [-0.15, -0.1) is 10.2 Å². The van der Waals surface area contributed by atoms with E-state index in [1.54, 1.807) is 7.11 Å². The van der Waals surface area contributed by atoms with Crippen molar-refractivity contribution in [2.45, 2.75) is 12.5 Å². The fraction of sp³-hybridized carbons (Fsp3) is 0.167. The largest absolute Gasteiger partial charge is 0.497 e. The van der Waals surface area contributed by atoms with E-state index in [9.17, 15) is 4.79 Å². The molecule has 1 amide bonds. The van der Waals surface area contributed by atoms with Crippen LogP contribution in [0.15, 0.2) is 54.6 Å². The highest BCUT2D eigenvalue weighted by atomic mass is 32.1. The average Bonchev–Trinajstić information content (AvgIpc) is 3.11. The van der Waals surface area contributed by atoms with Crippen LogP contribution in [0.5, 0.6) is 5.75 Å². The summed E-state index contributed by atoms with van der Waals surface area (Å²) in [6, 6.07) is 16.5. The molecule has 7 heteroatoms. The van der Waals surface area contributed by atoms with E-state index in [0.717, 1.165) is 21.9 Å². The van der Waals surface area contributed by atoms with Gasteiger partial charge in [0.2, 0.25) is 11.0 Å². The summed E-state index contributed by atoms with van der Waals surface area (Å²) in [5, 5.41) is 12.0. The minimum Gasteiger partial charge on any atom is -0.497 e. The highest BCUT2D eigenvalue weighted by Crippen LogP contribution is 2.27. The smallest absolute Gasteiger partial charge is 0.243 e. The summed E-state index contributed by atoms with van der Waals surface area (Å²) >= 11 is 1.30. The van der Waals surface area contributed by atoms with E-state index in [2.05, 4.69) is 15.5 Å². The quantitative estimate of drug-likeness (QED) is 0.710. The molecule has 3 N–H and O–H groups in total. The molecule has 0 aliphatic rings. The Morgan fingerprint density at radius 1 is 1.16 bits per heavy atom. The first kappa shape index (κ1) is 17.1. The SMILES string of the molecule is COc1ccc(-c2nnc(NC(=O)[C@@H](N)Cc3ccccc3)s2)cc1. The molecule has 1 aromatic heterocycles. The molecule has 0 aliphatic carbocycles. The Bertz CT molecular complexity index is 834. The molecular formula is C18H18N4O2S. The number of nitrogens with zero attached hydrogens (tertiary/aromatic N) is 2. The number of hydrogen-bond acceptors (Lipinski definition) is 6. The zero-order chi connectivity index (χ0) is 17.6. The first-order valence-electron chi connectivity index (χ1n) is 7.74. The second-order valence-corrected chi connectivity index (χ2v) is 6.40. The van der Waals surface area contributed by atoms with Crippen molar-refractivity contribution in [2.24, 2.45) is 5.73 Å². The number of nitrogens with one attached hydrogen (secondary N) is 1. The van der Waals surface area contributed by atoms with Crippen molar-refractivity contribution in [3.05, 3.63) is 60.2 Å². The number of rotatable bonds is 6. The Labute approximate surface area is 149 Å². The first-order valence-corrected chi connectivity index (χ1v) is 8.55. The van der Waals surface area contributed by atoms with Crippen LogP contribution in [0.1, 0.15) is 5.56 Å². The molecule has 2 aromatic carbocycles. The van der Waals surface area contributed by atoms with Crippen molar-refractivity contribution in [3.8, 4) is 16.3 Å². The Morgan fingerprint density at radius 3 is 2.56 bits per heavy atom. The number of ether oxygens (including phenoxy) is 1. The van der Waals surface area contributed by atoms with Crippen LogP contribution >= 0.6 is 11.3 Å². The van der Waals surface area contributed by atoms with Crippen LogP contribution in [0.25, 0.3) is 10.6 Å². The van der Waals surface area contributed by atoms with Crippen LogP contribution in [0, 0.1) is 0 Å². The molecule has 3 aromatic rings. The molecule has 0 spiro atoms. The van der Waals surface area contributed by atoms with Gasteiger partial charge in [0.25, 0.3) is 0 Å². The molecule has 0 fully saturated rings. The minimum absolute atomic E-state index is 0.277. The second-order valence-electron chi connectivity index (χ2n) is 5.43. The number of nitrogens with two attached hydrogens (primary N) is 1. The van der Waals surface area contributed by atoms with E-state index >= 15 is 0 Å². The number of amides is 1. The molecule has 0 radical (unpaired) electrons. The summed E-state index contributed by atoms with van der Waals surface area (Å²) in [6.45, 7) is 0. The Balaban J connectivity index is 1.63. The van der Waals surface area contributed by atoms with Gasteiger partial charge in [-0.05, 0) is 36.2 Å². The fourth-order valence-electron chi connectivity index (χ4n) is 2.28. The molecule has 25 heavy (non-hydrogen) atoms. The van der Waals surface area contributed by atoms with Crippen LogP contribution in [-0.4, -0.2) is 29.3 Å². The third-order valence-electron chi connectivity index (χ3n) is 3.63. The lowest BCUT2D eigenvalue weighted by molar-refractivity contribution is -0.117. The van der Waals surface area contributed by atoms with E-state index < -0.39 is 6.04 Å².